The molecule has 0 radical (unpaired) electrons. The summed E-state index contributed by atoms with van der Waals surface area (Å²) < 4.78 is 37.8. The van der Waals surface area contributed by atoms with Gasteiger partial charge in [-0.15, -0.1) is 0 Å². The van der Waals surface area contributed by atoms with Crippen LogP contribution in [-0.2, 0) is 4.74 Å². The molecular weight excluding hydrogens is 981 g/mol. The van der Waals surface area contributed by atoms with E-state index in [0.29, 0.717) is 45.2 Å². The Morgan fingerprint density at radius 3 is 2.04 bits per heavy atom. The molecular formula is C53H55BrCl2F2N10O. The fourth-order valence-electron chi connectivity index (χ4n) is 9.17. The van der Waals surface area contributed by atoms with E-state index in [-0.39, 0.29) is 17.9 Å². The highest BCUT2D eigenvalue weighted by Crippen LogP contribution is 2.38. The Balaban J connectivity index is 0.000000148. The molecule has 358 valence electrons. The summed E-state index contributed by atoms with van der Waals surface area (Å²) in [4.78, 5) is 16.0. The first kappa shape index (κ1) is 48.7. The van der Waals surface area contributed by atoms with E-state index >= 15 is 0 Å². The zero-order valence-electron chi connectivity index (χ0n) is 39.1. The number of likely N-dealkylation sites (N-methyl/N-ethyl adjacent to an activating group) is 2. The topological polar surface area (TPSA) is 103 Å². The van der Waals surface area contributed by atoms with Gasteiger partial charge in [-0.2, -0.15) is 10.2 Å². The summed E-state index contributed by atoms with van der Waals surface area (Å²) in [6, 6.07) is 26.7. The highest BCUT2D eigenvalue weighted by Gasteiger charge is 2.26. The number of nitrogens with zero attached hydrogens (tertiary/aromatic N) is 8. The summed E-state index contributed by atoms with van der Waals surface area (Å²) in [5, 5.41) is 18.1. The molecule has 7 heterocycles. The van der Waals surface area contributed by atoms with Gasteiger partial charge in [0, 0.05) is 98.3 Å². The Bertz CT molecular complexity index is 3060. The molecule has 2 N–H and O–H groups in total. The molecule has 1 unspecified atom stereocenters. The monoisotopic (exact) mass is 1030 g/mol. The van der Waals surface area contributed by atoms with Gasteiger partial charge in [-0.3, -0.25) is 15.1 Å². The minimum Gasteiger partial charge on any atom is -0.369 e. The number of hydrogen-bond donors (Lipinski definition) is 2. The van der Waals surface area contributed by atoms with Crippen LogP contribution in [0.1, 0.15) is 38.3 Å². The average molecular weight is 1040 g/mol. The summed E-state index contributed by atoms with van der Waals surface area (Å²) in [5.41, 5.74) is 8.40. The van der Waals surface area contributed by atoms with Gasteiger partial charge in [0.2, 0.25) is 0 Å². The first-order valence-electron chi connectivity index (χ1n) is 23.3. The van der Waals surface area contributed by atoms with Gasteiger partial charge >= 0.3 is 0 Å². The van der Waals surface area contributed by atoms with Crippen LogP contribution in [0.3, 0.4) is 0 Å². The van der Waals surface area contributed by atoms with Crippen LogP contribution in [0.25, 0.3) is 66.6 Å². The van der Waals surface area contributed by atoms with Gasteiger partial charge in [-0.05, 0) is 167 Å². The SMILES string of the molecule is CN(C)[C@H]1CCN(c2cnc3ccc(-c4cn[nH]c4-c4cc(Cl)ccc4F)cc3c2)C1.CN(C)[C@H]1CCNC1.Fc1ccc(Cl)cc1-c1nn(C2CCCCO2)cc1-c1ccc2ncc(Br)cc2c1. The Morgan fingerprint density at radius 1 is 0.710 bits per heavy atom. The predicted molar refractivity (Wildman–Crippen MR) is 279 cm³/mol. The van der Waals surface area contributed by atoms with Gasteiger partial charge in [0.15, 0.2) is 0 Å². The zero-order valence-corrected chi connectivity index (χ0v) is 42.2. The fourth-order valence-corrected chi connectivity index (χ4v) is 9.86. The van der Waals surface area contributed by atoms with Crippen molar-refractivity contribution >= 4 is 66.6 Å². The van der Waals surface area contributed by atoms with Gasteiger partial charge < -0.3 is 24.8 Å². The number of ether oxygens (including phenoxy) is 1. The van der Waals surface area contributed by atoms with E-state index in [0.717, 1.165) is 99.0 Å². The number of H-pyrrole nitrogens is 1. The van der Waals surface area contributed by atoms with E-state index in [1.54, 1.807) is 36.7 Å². The summed E-state index contributed by atoms with van der Waals surface area (Å²) in [5.74, 6) is -0.704. The van der Waals surface area contributed by atoms with E-state index in [2.05, 4.69) is 96.4 Å². The Hall–Kier alpha value is -5.32. The smallest absolute Gasteiger partial charge is 0.150 e. The van der Waals surface area contributed by atoms with Gasteiger partial charge in [0.05, 0.1) is 34.8 Å². The van der Waals surface area contributed by atoms with Crippen molar-refractivity contribution < 1.29 is 13.5 Å². The maximum absolute atomic E-state index is 14.8. The van der Waals surface area contributed by atoms with Gasteiger partial charge in [-0.25, -0.2) is 13.5 Å². The average Bonchev–Trinajstić information content (AvgIpc) is 4.21. The molecule has 4 aromatic heterocycles. The number of aromatic nitrogens is 6. The minimum absolute atomic E-state index is 0.148. The maximum atomic E-state index is 14.8. The molecule has 11 nitrogen and oxygen atoms in total. The molecule has 3 aliphatic rings. The van der Waals surface area contributed by atoms with Crippen molar-refractivity contribution in [3.8, 4) is 44.8 Å². The highest BCUT2D eigenvalue weighted by molar-refractivity contribution is 9.10. The lowest BCUT2D eigenvalue weighted by Gasteiger charge is -2.22. The van der Waals surface area contributed by atoms with Crippen molar-refractivity contribution in [3.05, 3.63) is 136 Å². The number of nitrogens with one attached hydrogen (secondary N) is 2. The molecule has 69 heavy (non-hydrogen) atoms. The van der Waals surface area contributed by atoms with Crippen molar-refractivity contribution in [3.63, 3.8) is 0 Å². The fraction of sp³-hybridized carbons (Fsp3) is 0.321. The van der Waals surface area contributed by atoms with Crippen molar-refractivity contribution in [2.24, 2.45) is 0 Å². The molecule has 4 aromatic carbocycles. The number of pyridine rings is 2. The van der Waals surface area contributed by atoms with Crippen LogP contribution in [0.4, 0.5) is 14.5 Å². The zero-order chi connectivity index (χ0) is 48.2. The maximum Gasteiger partial charge on any atom is 0.150 e. The first-order valence-corrected chi connectivity index (χ1v) is 24.8. The molecule has 3 saturated heterocycles. The Kier molecular flexibility index (Phi) is 15.4. The summed E-state index contributed by atoms with van der Waals surface area (Å²) in [6.45, 7) is 5.10. The van der Waals surface area contributed by atoms with Crippen LogP contribution >= 0.6 is 39.1 Å². The lowest BCUT2D eigenvalue weighted by atomic mass is 10.00. The van der Waals surface area contributed by atoms with E-state index < -0.39 is 0 Å². The molecule has 16 heteroatoms. The molecule has 0 saturated carbocycles. The van der Waals surface area contributed by atoms with Crippen molar-refractivity contribution in [1.29, 1.82) is 0 Å². The molecule has 11 rings (SSSR count). The molecule has 0 aliphatic carbocycles. The standard InChI is InChI=1S/C24H23ClFN5.C23H18BrClFN3O.C6H14N2/c1-30(2)18-7-8-31(14-18)19-10-16-9-15(3-6-23(16)27-12-19)21-13-28-29-24(21)20-11-17(25)4-5-22(20)26;24-16-10-15-9-14(4-7-21(15)27-12-16)19-13-29(22-3-1-2-8-30-22)28-23(19)18-11-17(25)5-6-20(18)26;1-8(2)6-3-4-7-5-6/h3-6,9-13,18H,7-8,14H2,1-2H3,(H,28,29);4-7,9-13,22H,1-3,8H2;6-7H,3-5H2,1-2H3/t18-;;6-/m0.0/s1. The van der Waals surface area contributed by atoms with Gasteiger partial charge in [0.1, 0.15) is 23.6 Å². The molecule has 3 atom stereocenters. The van der Waals surface area contributed by atoms with Gasteiger partial charge in [0.25, 0.3) is 0 Å². The number of halogens is 5. The van der Waals surface area contributed by atoms with Crippen LogP contribution in [-0.4, -0.2) is 113 Å². The summed E-state index contributed by atoms with van der Waals surface area (Å²) >= 11 is 15.8. The molecule has 3 fully saturated rings. The third-order valence-electron chi connectivity index (χ3n) is 13.2. The largest absolute Gasteiger partial charge is 0.369 e. The van der Waals surface area contributed by atoms with Crippen LogP contribution in [0, 0.1) is 11.6 Å². The number of benzene rings is 4. The summed E-state index contributed by atoms with van der Waals surface area (Å²) in [6.07, 6.45) is 12.7. The van der Waals surface area contributed by atoms with Crippen molar-refractivity contribution in [1.82, 2.24) is 45.1 Å². The predicted octanol–water partition coefficient (Wildman–Crippen LogP) is 12.2. The molecule has 0 spiro atoms. The second kappa shape index (κ2) is 21.8. The molecule has 0 bridgehead atoms. The second-order valence-electron chi connectivity index (χ2n) is 18.2. The highest BCUT2D eigenvalue weighted by atomic mass is 79.9. The lowest BCUT2D eigenvalue weighted by Crippen LogP contribution is -2.31. The van der Waals surface area contributed by atoms with Crippen LogP contribution in [0.15, 0.2) is 114 Å². The quantitative estimate of drug-likeness (QED) is 0.154. The van der Waals surface area contributed by atoms with Crippen molar-refractivity contribution in [2.45, 2.75) is 50.4 Å². The Labute approximate surface area is 419 Å². The number of aromatic amines is 1. The lowest BCUT2D eigenvalue weighted by molar-refractivity contribution is -0.0393. The second-order valence-corrected chi connectivity index (χ2v) is 20.0. The van der Waals surface area contributed by atoms with E-state index in [1.807, 2.05) is 53.5 Å². The number of anilines is 1. The minimum atomic E-state index is -0.360. The Morgan fingerprint density at radius 2 is 1.39 bits per heavy atom. The van der Waals surface area contributed by atoms with Crippen LogP contribution in [0.2, 0.25) is 10.0 Å². The normalized spacial score (nSPS) is 18.2. The van der Waals surface area contributed by atoms with Crippen LogP contribution < -0.4 is 10.2 Å². The molecule has 3 aliphatic heterocycles. The molecule has 0 amide bonds. The van der Waals surface area contributed by atoms with E-state index in [4.69, 9.17) is 33.0 Å². The molecule has 8 aromatic rings. The third-order valence-corrected chi connectivity index (χ3v) is 14.1. The van der Waals surface area contributed by atoms with Crippen molar-refractivity contribution in [2.75, 3.05) is 65.9 Å². The first-order chi connectivity index (χ1) is 33.4. The van der Waals surface area contributed by atoms with Gasteiger partial charge in [-0.1, -0.05) is 35.3 Å². The number of rotatable bonds is 8. The van der Waals surface area contributed by atoms with Crippen LogP contribution in [0.5, 0.6) is 0 Å². The third kappa shape index (κ3) is 11.3. The van der Waals surface area contributed by atoms with E-state index in [1.165, 1.54) is 31.6 Å². The summed E-state index contributed by atoms with van der Waals surface area (Å²) in [7, 11) is 8.53. The number of fused-ring (bicyclic) bond motifs is 2. The van der Waals surface area contributed by atoms with E-state index in [9.17, 15) is 8.78 Å². The number of hydrogen-bond acceptors (Lipinski definition) is 9.